The van der Waals surface area contributed by atoms with Crippen LogP contribution in [0.4, 0.5) is 10.5 Å². The van der Waals surface area contributed by atoms with E-state index < -0.39 is 5.97 Å². The summed E-state index contributed by atoms with van der Waals surface area (Å²) in [4.78, 5) is 24.5. The molecule has 1 heterocycles. The number of hydrogen-bond acceptors (Lipinski definition) is 3. The summed E-state index contributed by atoms with van der Waals surface area (Å²) < 4.78 is 5.95. The molecule has 0 bridgehead atoms. The zero-order valence-electron chi connectivity index (χ0n) is 11.6. The van der Waals surface area contributed by atoms with Crippen molar-refractivity contribution in [3.05, 3.63) is 22.7 Å². The van der Waals surface area contributed by atoms with Crippen LogP contribution in [0, 0.1) is 5.92 Å². The fourth-order valence-electron chi connectivity index (χ4n) is 2.39. The minimum absolute atomic E-state index is 0.0327. The Hall–Kier alpha value is -1.76. The van der Waals surface area contributed by atoms with Gasteiger partial charge in [0.2, 0.25) is 0 Å². The lowest BCUT2D eigenvalue weighted by molar-refractivity contribution is -0.138. The summed E-state index contributed by atoms with van der Waals surface area (Å²) in [5.74, 6) is -0.144. The average molecular weight is 357 g/mol. The van der Waals surface area contributed by atoms with Crippen LogP contribution in [0.5, 0.6) is 5.75 Å². The number of nitrogens with one attached hydrogen (secondary N) is 1. The molecule has 1 aliphatic heterocycles. The summed E-state index contributed by atoms with van der Waals surface area (Å²) in [6.45, 7) is 1.05. The highest BCUT2D eigenvalue weighted by molar-refractivity contribution is 9.10. The lowest BCUT2D eigenvalue weighted by atomic mass is 10.1. The summed E-state index contributed by atoms with van der Waals surface area (Å²) in [6.07, 6.45) is 0.829. The molecule has 0 spiro atoms. The van der Waals surface area contributed by atoms with Crippen molar-refractivity contribution in [1.82, 2.24) is 4.90 Å². The molecule has 21 heavy (non-hydrogen) atoms. The number of rotatable bonds is 4. The van der Waals surface area contributed by atoms with Crippen molar-refractivity contribution < 1.29 is 19.4 Å². The number of likely N-dealkylation sites (tertiary alicyclic amines) is 1. The van der Waals surface area contributed by atoms with Gasteiger partial charge in [0.1, 0.15) is 5.75 Å². The SMILES string of the molecule is COc1cc(Br)cc(NC(=O)N2CCC(CC(=O)O)C2)c1. The highest BCUT2D eigenvalue weighted by atomic mass is 79.9. The second-order valence-electron chi connectivity index (χ2n) is 5.01. The Kier molecular flexibility index (Phi) is 5.06. The van der Waals surface area contributed by atoms with Gasteiger partial charge >= 0.3 is 12.0 Å². The number of carboxylic acids is 1. The molecule has 1 unspecified atom stereocenters. The number of carbonyl (C=O) groups is 2. The van der Waals surface area contributed by atoms with Gasteiger partial charge in [0.05, 0.1) is 7.11 Å². The van der Waals surface area contributed by atoms with E-state index in [9.17, 15) is 9.59 Å². The van der Waals surface area contributed by atoms with Gasteiger partial charge in [-0.15, -0.1) is 0 Å². The van der Waals surface area contributed by atoms with Gasteiger partial charge in [-0.05, 0) is 24.5 Å². The Morgan fingerprint density at radius 3 is 2.90 bits per heavy atom. The maximum atomic E-state index is 12.2. The molecular formula is C14H17BrN2O4. The van der Waals surface area contributed by atoms with Crippen molar-refractivity contribution in [2.24, 2.45) is 5.92 Å². The minimum Gasteiger partial charge on any atom is -0.497 e. The highest BCUT2D eigenvalue weighted by Crippen LogP contribution is 2.26. The first kappa shape index (κ1) is 15.6. The third kappa shape index (κ3) is 4.35. The summed E-state index contributed by atoms with van der Waals surface area (Å²) in [7, 11) is 1.56. The van der Waals surface area contributed by atoms with Gasteiger partial charge < -0.3 is 20.1 Å². The van der Waals surface area contributed by atoms with Crippen molar-refractivity contribution in [2.45, 2.75) is 12.8 Å². The van der Waals surface area contributed by atoms with Crippen molar-refractivity contribution in [3.63, 3.8) is 0 Å². The van der Waals surface area contributed by atoms with Gasteiger partial charge in [-0.2, -0.15) is 0 Å². The van der Waals surface area contributed by atoms with E-state index in [1.165, 1.54) is 0 Å². The molecule has 0 aliphatic carbocycles. The lowest BCUT2D eigenvalue weighted by Crippen LogP contribution is -2.33. The first-order valence-electron chi connectivity index (χ1n) is 6.60. The van der Waals surface area contributed by atoms with E-state index in [-0.39, 0.29) is 18.4 Å². The average Bonchev–Trinajstić information content (AvgIpc) is 2.85. The van der Waals surface area contributed by atoms with Crippen LogP contribution in [-0.2, 0) is 4.79 Å². The largest absolute Gasteiger partial charge is 0.497 e. The van der Waals surface area contributed by atoms with Crippen LogP contribution in [0.25, 0.3) is 0 Å². The number of nitrogens with zero attached hydrogens (tertiary/aromatic N) is 1. The molecule has 2 rings (SSSR count). The Morgan fingerprint density at radius 2 is 2.24 bits per heavy atom. The van der Waals surface area contributed by atoms with E-state index >= 15 is 0 Å². The number of halogens is 1. The van der Waals surface area contributed by atoms with Gasteiger partial charge in [-0.1, -0.05) is 15.9 Å². The number of amides is 2. The van der Waals surface area contributed by atoms with Gasteiger partial charge in [0, 0.05) is 35.7 Å². The van der Waals surface area contributed by atoms with E-state index in [4.69, 9.17) is 9.84 Å². The van der Waals surface area contributed by atoms with Crippen LogP contribution >= 0.6 is 15.9 Å². The normalized spacial score (nSPS) is 17.6. The number of carbonyl (C=O) groups excluding carboxylic acids is 1. The number of aliphatic carboxylic acids is 1. The molecule has 2 amide bonds. The van der Waals surface area contributed by atoms with Crippen molar-refractivity contribution in [3.8, 4) is 5.75 Å². The first-order chi connectivity index (χ1) is 9.97. The molecule has 0 saturated carbocycles. The third-order valence-electron chi connectivity index (χ3n) is 3.39. The molecule has 1 saturated heterocycles. The van der Waals surface area contributed by atoms with E-state index in [1.54, 1.807) is 30.2 Å². The fourth-order valence-corrected chi connectivity index (χ4v) is 2.86. The molecule has 0 aromatic heterocycles. The van der Waals surface area contributed by atoms with Crippen molar-refractivity contribution in [1.29, 1.82) is 0 Å². The second kappa shape index (κ2) is 6.80. The monoisotopic (exact) mass is 356 g/mol. The van der Waals surface area contributed by atoms with E-state index in [0.29, 0.717) is 24.5 Å². The quantitative estimate of drug-likeness (QED) is 0.869. The first-order valence-corrected chi connectivity index (χ1v) is 7.39. The van der Waals surface area contributed by atoms with Crippen LogP contribution < -0.4 is 10.1 Å². The Morgan fingerprint density at radius 1 is 1.48 bits per heavy atom. The van der Waals surface area contributed by atoms with Crippen LogP contribution in [0.15, 0.2) is 22.7 Å². The number of anilines is 1. The van der Waals surface area contributed by atoms with Crippen molar-refractivity contribution in [2.75, 3.05) is 25.5 Å². The molecule has 1 aromatic rings. The van der Waals surface area contributed by atoms with Crippen LogP contribution in [0.2, 0.25) is 0 Å². The van der Waals surface area contributed by atoms with Crippen LogP contribution in [-0.4, -0.2) is 42.2 Å². The number of carboxylic acid groups (broad SMARTS) is 1. The topological polar surface area (TPSA) is 78.9 Å². The fraction of sp³-hybridized carbons (Fsp3) is 0.429. The zero-order valence-corrected chi connectivity index (χ0v) is 13.2. The second-order valence-corrected chi connectivity index (χ2v) is 5.92. The van der Waals surface area contributed by atoms with Gasteiger partial charge in [-0.25, -0.2) is 4.79 Å². The molecule has 1 aromatic carbocycles. The smallest absolute Gasteiger partial charge is 0.321 e. The van der Waals surface area contributed by atoms with E-state index in [0.717, 1.165) is 10.9 Å². The van der Waals surface area contributed by atoms with Gasteiger partial charge in [0.15, 0.2) is 0 Å². The molecule has 6 nitrogen and oxygen atoms in total. The molecule has 1 atom stereocenters. The Labute approximate surface area is 131 Å². The van der Waals surface area contributed by atoms with Gasteiger partial charge in [0.25, 0.3) is 0 Å². The molecule has 1 fully saturated rings. The van der Waals surface area contributed by atoms with Crippen LogP contribution in [0.3, 0.4) is 0 Å². The summed E-state index contributed by atoms with van der Waals surface area (Å²) in [5, 5.41) is 11.6. The standard InChI is InChI=1S/C14H17BrN2O4/c1-21-12-6-10(15)5-11(7-12)16-14(20)17-3-2-9(8-17)4-13(18)19/h5-7,9H,2-4,8H2,1H3,(H,16,20)(H,18,19). The van der Waals surface area contributed by atoms with E-state index in [1.807, 2.05) is 0 Å². The van der Waals surface area contributed by atoms with Gasteiger partial charge in [-0.3, -0.25) is 4.79 Å². The summed E-state index contributed by atoms with van der Waals surface area (Å²) in [6, 6.07) is 5.09. The zero-order chi connectivity index (χ0) is 15.4. The minimum atomic E-state index is -0.820. The molecule has 1 aliphatic rings. The predicted molar refractivity (Wildman–Crippen MR) is 81.6 cm³/mol. The predicted octanol–water partition coefficient (Wildman–Crippen LogP) is 2.79. The summed E-state index contributed by atoms with van der Waals surface area (Å²) >= 11 is 3.35. The molecule has 114 valence electrons. The van der Waals surface area contributed by atoms with Crippen LogP contribution in [0.1, 0.15) is 12.8 Å². The highest BCUT2D eigenvalue weighted by Gasteiger charge is 2.27. The summed E-state index contributed by atoms with van der Waals surface area (Å²) in [5.41, 5.74) is 0.632. The maximum Gasteiger partial charge on any atom is 0.321 e. The molecule has 0 radical (unpaired) electrons. The maximum absolute atomic E-state index is 12.2. The molecule has 7 heteroatoms. The Balaban J connectivity index is 1.96. The lowest BCUT2D eigenvalue weighted by Gasteiger charge is -2.17. The van der Waals surface area contributed by atoms with Crippen molar-refractivity contribution >= 4 is 33.6 Å². The number of urea groups is 1. The van der Waals surface area contributed by atoms with E-state index in [2.05, 4.69) is 21.2 Å². The molecule has 2 N–H and O–H groups in total. The third-order valence-corrected chi connectivity index (χ3v) is 3.85. The number of methoxy groups -OCH3 is 1. The molecular weight excluding hydrogens is 340 g/mol. The number of hydrogen-bond donors (Lipinski definition) is 2. The number of ether oxygens (including phenoxy) is 1. The number of benzene rings is 1. The Bertz CT molecular complexity index is 550.